The number of nitrogens with one attached hydrogen (secondary N) is 1. The Labute approximate surface area is 141 Å². The number of Topliss-reactive ketones (excluding diaryl/α,β-unsaturated/α-hetero) is 1. The van der Waals surface area contributed by atoms with Gasteiger partial charge < -0.3 is 0 Å². The van der Waals surface area contributed by atoms with Crippen molar-refractivity contribution in [1.29, 1.82) is 0 Å². The Morgan fingerprint density at radius 1 is 1.26 bits per heavy atom. The quantitative estimate of drug-likeness (QED) is 0.826. The second kappa shape index (κ2) is 6.49. The van der Waals surface area contributed by atoms with Crippen molar-refractivity contribution in [3.63, 3.8) is 0 Å². The first-order valence-electron chi connectivity index (χ1n) is 7.58. The molecule has 0 bridgehead atoms. The molecule has 1 aromatic rings. The lowest BCUT2D eigenvalue weighted by molar-refractivity contribution is 0.0858. The number of halogens is 2. The molecule has 7 heteroatoms. The van der Waals surface area contributed by atoms with Gasteiger partial charge in [-0.05, 0) is 25.0 Å². The van der Waals surface area contributed by atoms with E-state index in [1.807, 2.05) is 0 Å². The lowest BCUT2D eigenvalue weighted by atomic mass is 9.86. The zero-order valence-corrected chi connectivity index (χ0v) is 15.0. The molecular weight excluding hydrogens is 341 g/mol. The third kappa shape index (κ3) is 4.11. The van der Waals surface area contributed by atoms with Crippen LogP contribution in [0.1, 0.15) is 56.8 Å². The third-order valence-corrected chi connectivity index (χ3v) is 5.76. The Morgan fingerprint density at radius 2 is 1.83 bits per heavy atom. The normalized spacial score (nSPS) is 16.7. The first-order chi connectivity index (χ1) is 10.5. The van der Waals surface area contributed by atoms with Crippen molar-refractivity contribution in [2.45, 2.75) is 57.4 Å². The number of carbonyl (C=O) groups is 1. The largest absolute Gasteiger partial charge is 0.294 e. The Kier molecular flexibility index (Phi) is 5.18. The molecule has 0 unspecified atom stereocenters. The molecule has 1 saturated carbocycles. The minimum absolute atomic E-state index is 0.0207. The summed E-state index contributed by atoms with van der Waals surface area (Å²) in [5, 5.41) is -0.0813. The highest BCUT2D eigenvalue weighted by molar-refractivity contribution is 7.89. The van der Waals surface area contributed by atoms with Crippen LogP contribution in [0.2, 0.25) is 5.02 Å². The van der Waals surface area contributed by atoms with E-state index in [1.165, 1.54) is 0 Å². The maximum atomic E-state index is 14.1. The Morgan fingerprint density at radius 3 is 2.35 bits per heavy atom. The van der Waals surface area contributed by atoms with Crippen molar-refractivity contribution in [2.24, 2.45) is 5.41 Å². The summed E-state index contributed by atoms with van der Waals surface area (Å²) in [4.78, 5) is 11.9. The van der Waals surface area contributed by atoms with Gasteiger partial charge in [0.05, 0.1) is 5.02 Å². The molecule has 0 aliphatic heterocycles. The summed E-state index contributed by atoms with van der Waals surface area (Å²) >= 11 is 5.95. The van der Waals surface area contributed by atoms with E-state index in [9.17, 15) is 17.6 Å². The summed E-state index contributed by atoms with van der Waals surface area (Å²) < 4.78 is 41.5. The SMILES string of the molecule is CC(C)(C)C(=O)c1cc(S(=O)(=O)NC2CCCC2)c(F)cc1Cl. The first-order valence-corrected chi connectivity index (χ1v) is 9.44. The Hall–Kier alpha value is -0.980. The highest BCUT2D eigenvalue weighted by Crippen LogP contribution is 2.30. The zero-order valence-electron chi connectivity index (χ0n) is 13.4. The fraction of sp³-hybridized carbons (Fsp3) is 0.562. The molecule has 1 fully saturated rings. The van der Waals surface area contributed by atoms with E-state index in [0.717, 1.165) is 37.8 Å². The van der Waals surface area contributed by atoms with Gasteiger partial charge in [0.2, 0.25) is 10.0 Å². The van der Waals surface area contributed by atoms with Crippen LogP contribution < -0.4 is 4.72 Å². The van der Waals surface area contributed by atoms with Crippen LogP contribution in [-0.2, 0) is 10.0 Å². The van der Waals surface area contributed by atoms with Crippen molar-refractivity contribution in [3.8, 4) is 0 Å². The maximum Gasteiger partial charge on any atom is 0.243 e. The van der Waals surface area contributed by atoms with Gasteiger partial charge in [-0.25, -0.2) is 17.5 Å². The maximum absolute atomic E-state index is 14.1. The van der Waals surface area contributed by atoms with Gasteiger partial charge in [0.25, 0.3) is 0 Å². The van der Waals surface area contributed by atoms with Crippen LogP contribution in [0, 0.1) is 11.2 Å². The molecule has 0 heterocycles. The summed E-state index contributed by atoms with van der Waals surface area (Å²) in [5.41, 5.74) is -0.728. The molecule has 1 aliphatic rings. The molecule has 0 atom stereocenters. The van der Waals surface area contributed by atoms with Gasteiger partial charge in [-0.2, -0.15) is 0 Å². The fourth-order valence-corrected chi connectivity index (χ4v) is 4.27. The lowest BCUT2D eigenvalue weighted by Crippen LogP contribution is -2.33. The van der Waals surface area contributed by atoms with E-state index in [0.29, 0.717) is 0 Å². The molecule has 0 spiro atoms. The monoisotopic (exact) mass is 361 g/mol. The lowest BCUT2D eigenvalue weighted by Gasteiger charge is -2.19. The predicted molar refractivity (Wildman–Crippen MR) is 87.8 cm³/mol. The Bertz CT molecular complexity index is 720. The molecular formula is C16H21ClFNO3S. The summed E-state index contributed by atoms with van der Waals surface area (Å²) in [6.07, 6.45) is 3.37. The van der Waals surface area contributed by atoms with Gasteiger partial charge in [0, 0.05) is 17.0 Å². The molecule has 1 aliphatic carbocycles. The Balaban J connectivity index is 2.44. The van der Waals surface area contributed by atoms with Gasteiger partial charge in [0.1, 0.15) is 10.7 Å². The predicted octanol–water partition coefficient (Wildman–Crippen LogP) is 3.93. The first kappa shape index (κ1) is 18.4. The second-order valence-electron chi connectivity index (χ2n) is 6.94. The number of hydrogen-bond acceptors (Lipinski definition) is 3. The molecule has 0 radical (unpaired) electrons. The van der Waals surface area contributed by atoms with Crippen LogP contribution in [-0.4, -0.2) is 20.2 Å². The highest BCUT2D eigenvalue weighted by Gasteiger charge is 2.30. The number of rotatable bonds is 4. The summed E-state index contributed by atoms with van der Waals surface area (Å²) in [6.45, 7) is 5.08. The second-order valence-corrected chi connectivity index (χ2v) is 9.03. The number of hydrogen-bond donors (Lipinski definition) is 1. The van der Waals surface area contributed by atoms with E-state index in [2.05, 4.69) is 4.72 Å². The average Bonchev–Trinajstić information content (AvgIpc) is 2.88. The zero-order chi connectivity index (χ0) is 17.4. The van der Waals surface area contributed by atoms with Crippen molar-refractivity contribution >= 4 is 27.4 Å². The minimum atomic E-state index is -4.03. The number of benzene rings is 1. The van der Waals surface area contributed by atoms with E-state index in [1.54, 1.807) is 20.8 Å². The molecule has 0 amide bonds. The number of ketones is 1. The van der Waals surface area contributed by atoms with Gasteiger partial charge in [-0.15, -0.1) is 0 Å². The molecule has 0 saturated heterocycles. The molecule has 1 aromatic carbocycles. The smallest absolute Gasteiger partial charge is 0.243 e. The van der Waals surface area contributed by atoms with E-state index in [4.69, 9.17) is 11.6 Å². The molecule has 0 aromatic heterocycles. The van der Waals surface area contributed by atoms with Crippen LogP contribution in [0.25, 0.3) is 0 Å². The fourth-order valence-electron chi connectivity index (χ4n) is 2.64. The van der Waals surface area contributed by atoms with Crippen LogP contribution >= 0.6 is 11.6 Å². The molecule has 23 heavy (non-hydrogen) atoms. The molecule has 4 nitrogen and oxygen atoms in total. The molecule has 1 N–H and O–H groups in total. The molecule has 128 valence electrons. The van der Waals surface area contributed by atoms with E-state index < -0.39 is 26.2 Å². The van der Waals surface area contributed by atoms with Crippen LogP contribution in [0.15, 0.2) is 17.0 Å². The van der Waals surface area contributed by atoms with Crippen LogP contribution in [0.5, 0.6) is 0 Å². The van der Waals surface area contributed by atoms with Crippen molar-refractivity contribution in [3.05, 3.63) is 28.5 Å². The standard InChI is InChI=1S/C16H21ClFNO3S/c1-16(2,3)15(20)11-8-14(13(18)9-12(11)17)23(21,22)19-10-6-4-5-7-10/h8-10,19H,4-7H2,1-3H3. The van der Waals surface area contributed by atoms with Crippen molar-refractivity contribution < 1.29 is 17.6 Å². The minimum Gasteiger partial charge on any atom is -0.294 e. The third-order valence-electron chi connectivity index (χ3n) is 3.91. The number of carbonyl (C=O) groups excluding carboxylic acids is 1. The van der Waals surface area contributed by atoms with Gasteiger partial charge >= 0.3 is 0 Å². The summed E-state index contributed by atoms with van der Waals surface area (Å²) in [7, 11) is -4.03. The summed E-state index contributed by atoms with van der Waals surface area (Å²) in [5.74, 6) is -1.29. The molecule has 2 rings (SSSR count). The van der Waals surface area contributed by atoms with Crippen LogP contribution in [0.4, 0.5) is 4.39 Å². The summed E-state index contributed by atoms with van der Waals surface area (Å²) in [6, 6.07) is 1.75. The average molecular weight is 362 g/mol. The van der Waals surface area contributed by atoms with Crippen LogP contribution in [0.3, 0.4) is 0 Å². The highest BCUT2D eigenvalue weighted by atomic mass is 35.5. The van der Waals surface area contributed by atoms with Crippen molar-refractivity contribution in [2.75, 3.05) is 0 Å². The van der Waals surface area contributed by atoms with E-state index >= 15 is 0 Å². The topological polar surface area (TPSA) is 63.2 Å². The number of sulfonamides is 1. The van der Waals surface area contributed by atoms with E-state index in [-0.39, 0.29) is 22.4 Å². The van der Waals surface area contributed by atoms with Gasteiger partial charge in [-0.1, -0.05) is 45.2 Å². The van der Waals surface area contributed by atoms with Crippen molar-refractivity contribution in [1.82, 2.24) is 4.72 Å². The van der Waals surface area contributed by atoms with Gasteiger partial charge in [0.15, 0.2) is 5.78 Å². The van der Waals surface area contributed by atoms with Gasteiger partial charge in [-0.3, -0.25) is 4.79 Å².